The van der Waals surface area contributed by atoms with Crippen LogP contribution in [0.1, 0.15) is 42.1 Å². The third kappa shape index (κ3) is 4.03. The number of hydrogen-bond acceptors (Lipinski definition) is 4. The molecule has 0 saturated carbocycles. The first-order valence-corrected chi connectivity index (χ1v) is 11.9. The smallest absolute Gasteiger partial charge is 0.140 e. The molecule has 5 nitrogen and oxygen atoms in total. The summed E-state index contributed by atoms with van der Waals surface area (Å²) in [4.78, 5) is 6.91. The minimum absolute atomic E-state index is 0.112. The van der Waals surface area contributed by atoms with E-state index in [9.17, 15) is 5.11 Å². The fraction of sp³-hybridized carbons (Fsp3) is 0.400. The molecule has 1 saturated heterocycles. The normalized spacial score (nSPS) is 23.0. The number of rotatable bonds is 5. The second-order valence-electron chi connectivity index (χ2n) is 8.72. The van der Waals surface area contributed by atoms with Gasteiger partial charge in [-0.15, -0.1) is 0 Å². The summed E-state index contributed by atoms with van der Waals surface area (Å²) in [6.07, 6.45) is 4.02. The van der Waals surface area contributed by atoms with E-state index >= 15 is 0 Å². The standard InChI is InChI=1S/C25H27Cl2N3O2/c1-3-24-28-15(2)13-30(24)17-4-6-19(7-5-17)32-25-21-10-16(26)11-22(27)20(21)12-23(25)29-9-8-18(31)14-29/h4-7,10-11,13,18,23,25,31H,3,8-9,12,14H2,1-2H3/t18-,23+,25-/m1/s1. The summed E-state index contributed by atoms with van der Waals surface area (Å²) >= 11 is 12.9. The Labute approximate surface area is 198 Å². The van der Waals surface area contributed by atoms with Gasteiger partial charge in [-0.1, -0.05) is 30.1 Å². The summed E-state index contributed by atoms with van der Waals surface area (Å²) in [5, 5.41) is 11.4. The summed E-state index contributed by atoms with van der Waals surface area (Å²) in [5.41, 5.74) is 4.20. The van der Waals surface area contributed by atoms with Crippen LogP contribution in [0.15, 0.2) is 42.6 Å². The lowest BCUT2D eigenvalue weighted by Crippen LogP contribution is -2.39. The quantitative estimate of drug-likeness (QED) is 0.557. The molecule has 1 aromatic heterocycles. The lowest BCUT2D eigenvalue weighted by atomic mass is 10.1. The lowest BCUT2D eigenvalue weighted by molar-refractivity contribution is 0.0818. The van der Waals surface area contributed by atoms with Gasteiger partial charge in [0.25, 0.3) is 0 Å². The van der Waals surface area contributed by atoms with Crippen molar-refractivity contribution in [3.8, 4) is 11.4 Å². The maximum Gasteiger partial charge on any atom is 0.140 e. The number of aliphatic hydroxyl groups excluding tert-OH is 1. The fourth-order valence-electron chi connectivity index (χ4n) is 5.00. The molecule has 1 aliphatic heterocycles. The van der Waals surface area contributed by atoms with E-state index in [0.717, 1.165) is 59.9 Å². The van der Waals surface area contributed by atoms with Gasteiger partial charge in [0, 0.05) is 47.0 Å². The summed E-state index contributed by atoms with van der Waals surface area (Å²) in [6.45, 7) is 5.63. The lowest BCUT2D eigenvalue weighted by Gasteiger charge is -2.30. The largest absolute Gasteiger partial charge is 0.484 e. The Kier molecular flexibility index (Phi) is 5.93. The van der Waals surface area contributed by atoms with Crippen molar-refractivity contribution < 1.29 is 9.84 Å². The molecule has 2 aliphatic rings. The zero-order valence-corrected chi connectivity index (χ0v) is 19.8. The second-order valence-corrected chi connectivity index (χ2v) is 9.56. The number of likely N-dealkylation sites (tertiary alicyclic amines) is 1. The molecule has 32 heavy (non-hydrogen) atoms. The van der Waals surface area contributed by atoms with Crippen LogP contribution >= 0.6 is 23.2 Å². The zero-order valence-electron chi connectivity index (χ0n) is 18.3. The Morgan fingerprint density at radius 2 is 1.97 bits per heavy atom. The van der Waals surface area contributed by atoms with E-state index in [2.05, 4.69) is 39.7 Å². The van der Waals surface area contributed by atoms with Crippen molar-refractivity contribution in [1.82, 2.24) is 14.5 Å². The topological polar surface area (TPSA) is 50.5 Å². The van der Waals surface area contributed by atoms with Crippen LogP contribution in [0.2, 0.25) is 10.0 Å². The Morgan fingerprint density at radius 1 is 1.19 bits per heavy atom. The monoisotopic (exact) mass is 471 g/mol. The van der Waals surface area contributed by atoms with Crippen molar-refractivity contribution in [3.63, 3.8) is 0 Å². The predicted octanol–water partition coefficient (Wildman–Crippen LogP) is 5.16. The SMILES string of the molecule is CCc1nc(C)cn1-c1ccc(O[C@@H]2c3cc(Cl)cc(Cl)c3C[C@@H]2N2CC[C@@H](O)C2)cc1. The van der Waals surface area contributed by atoms with E-state index < -0.39 is 0 Å². The first-order chi connectivity index (χ1) is 15.4. The molecule has 7 heteroatoms. The zero-order chi connectivity index (χ0) is 22.4. The molecule has 3 aromatic rings. The highest BCUT2D eigenvalue weighted by molar-refractivity contribution is 6.35. The van der Waals surface area contributed by atoms with Crippen LogP contribution in [0.4, 0.5) is 0 Å². The fourth-order valence-corrected chi connectivity index (χ4v) is 5.59. The first kappa shape index (κ1) is 21.8. The van der Waals surface area contributed by atoms with Gasteiger partial charge in [-0.05, 0) is 61.7 Å². The number of benzene rings is 2. The van der Waals surface area contributed by atoms with Gasteiger partial charge in [-0.25, -0.2) is 4.98 Å². The number of hydrogen-bond donors (Lipinski definition) is 1. The molecule has 0 unspecified atom stereocenters. The Morgan fingerprint density at radius 3 is 2.66 bits per heavy atom. The number of aromatic nitrogens is 2. The van der Waals surface area contributed by atoms with E-state index in [0.29, 0.717) is 16.6 Å². The molecule has 1 fully saturated rings. The van der Waals surface area contributed by atoms with Gasteiger partial charge in [0.15, 0.2) is 0 Å². The number of fused-ring (bicyclic) bond motifs is 1. The molecule has 0 bridgehead atoms. The van der Waals surface area contributed by atoms with Crippen molar-refractivity contribution in [1.29, 1.82) is 0 Å². The van der Waals surface area contributed by atoms with Crippen LogP contribution in [0.5, 0.6) is 5.75 Å². The molecule has 2 heterocycles. The van der Waals surface area contributed by atoms with Crippen LogP contribution in [0, 0.1) is 6.92 Å². The number of halogens is 2. The molecular formula is C25H27Cl2N3O2. The predicted molar refractivity (Wildman–Crippen MR) is 127 cm³/mol. The number of ether oxygens (including phenoxy) is 1. The molecule has 5 rings (SSSR count). The van der Waals surface area contributed by atoms with E-state index in [1.165, 1.54) is 0 Å². The van der Waals surface area contributed by atoms with Crippen molar-refractivity contribution in [2.45, 2.75) is 51.4 Å². The van der Waals surface area contributed by atoms with E-state index in [-0.39, 0.29) is 18.2 Å². The third-order valence-electron chi connectivity index (χ3n) is 6.52. The van der Waals surface area contributed by atoms with Crippen molar-refractivity contribution >= 4 is 23.2 Å². The van der Waals surface area contributed by atoms with E-state index in [4.69, 9.17) is 27.9 Å². The molecule has 3 atom stereocenters. The first-order valence-electron chi connectivity index (χ1n) is 11.1. The van der Waals surface area contributed by atoms with Gasteiger partial charge < -0.3 is 14.4 Å². The molecule has 0 spiro atoms. The highest BCUT2D eigenvalue weighted by atomic mass is 35.5. The minimum Gasteiger partial charge on any atom is -0.484 e. The molecule has 2 aromatic carbocycles. The van der Waals surface area contributed by atoms with Crippen LogP contribution in [0.25, 0.3) is 5.69 Å². The van der Waals surface area contributed by atoms with Gasteiger partial charge in [-0.3, -0.25) is 4.90 Å². The van der Waals surface area contributed by atoms with E-state index in [1.807, 2.05) is 25.1 Å². The van der Waals surface area contributed by atoms with Gasteiger partial charge >= 0.3 is 0 Å². The van der Waals surface area contributed by atoms with Crippen LogP contribution in [-0.2, 0) is 12.8 Å². The Bertz CT molecular complexity index is 1130. The molecule has 0 radical (unpaired) electrons. The molecule has 168 valence electrons. The van der Waals surface area contributed by atoms with Gasteiger partial charge in [0.05, 0.1) is 17.8 Å². The van der Waals surface area contributed by atoms with Crippen molar-refractivity contribution in [3.05, 3.63) is 75.3 Å². The maximum atomic E-state index is 10.1. The maximum absolute atomic E-state index is 10.1. The molecule has 1 aliphatic carbocycles. The van der Waals surface area contributed by atoms with Gasteiger partial charge in [0.1, 0.15) is 17.7 Å². The summed E-state index contributed by atoms with van der Waals surface area (Å²) in [6, 6.07) is 12.0. The number of β-amino-alcohol motifs (C(OH)–C–C–N with tert-alkyl or cyclic N) is 1. The van der Waals surface area contributed by atoms with Gasteiger partial charge in [0.2, 0.25) is 0 Å². The van der Waals surface area contributed by atoms with Crippen LogP contribution in [-0.4, -0.2) is 44.8 Å². The van der Waals surface area contributed by atoms with Crippen LogP contribution in [0.3, 0.4) is 0 Å². The molecular weight excluding hydrogens is 445 g/mol. The van der Waals surface area contributed by atoms with Crippen molar-refractivity contribution in [2.24, 2.45) is 0 Å². The number of aliphatic hydroxyl groups is 1. The highest BCUT2D eigenvalue weighted by Gasteiger charge is 2.41. The number of aryl methyl sites for hydroxylation is 2. The average molecular weight is 472 g/mol. The Balaban J connectivity index is 1.44. The Hall–Kier alpha value is -2.05. The summed E-state index contributed by atoms with van der Waals surface area (Å²) in [5.74, 6) is 1.83. The number of nitrogens with zero attached hydrogens (tertiary/aromatic N) is 3. The minimum atomic E-state index is -0.288. The van der Waals surface area contributed by atoms with Crippen LogP contribution < -0.4 is 4.74 Å². The van der Waals surface area contributed by atoms with E-state index in [1.54, 1.807) is 6.07 Å². The summed E-state index contributed by atoms with van der Waals surface area (Å²) in [7, 11) is 0. The van der Waals surface area contributed by atoms with Crippen molar-refractivity contribution in [2.75, 3.05) is 13.1 Å². The molecule has 0 amide bonds. The highest BCUT2D eigenvalue weighted by Crippen LogP contribution is 2.43. The number of imidazole rings is 1. The molecule has 1 N–H and O–H groups in total. The average Bonchev–Trinajstić information content (AvgIpc) is 3.46. The third-order valence-corrected chi connectivity index (χ3v) is 7.08. The van der Waals surface area contributed by atoms with Gasteiger partial charge in [-0.2, -0.15) is 0 Å². The summed E-state index contributed by atoms with van der Waals surface area (Å²) < 4.78 is 8.68. The second kappa shape index (κ2) is 8.71.